The van der Waals surface area contributed by atoms with Gasteiger partial charge in [-0.1, -0.05) is 60.1 Å². The number of benzene rings is 1. The van der Waals surface area contributed by atoms with Crippen molar-refractivity contribution in [2.24, 2.45) is 33.3 Å². The van der Waals surface area contributed by atoms with E-state index in [-0.39, 0.29) is 57.5 Å². The van der Waals surface area contributed by atoms with Gasteiger partial charge in [0, 0.05) is 16.1 Å². The lowest BCUT2D eigenvalue weighted by molar-refractivity contribution is -0.166. The molecular formula is C37H53NO7S. The zero-order chi connectivity index (χ0) is 33.9. The van der Waals surface area contributed by atoms with Gasteiger partial charge in [-0.2, -0.15) is 0 Å². The van der Waals surface area contributed by atoms with E-state index in [2.05, 4.69) is 54.5 Å². The number of hydrogen-bond acceptors (Lipinski definition) is 8. The number of allylic oxidation sites excluding steroid dienone is 1. The molecule has 0 heterocycles. The van der Waals surface area contributed by atoms with Crippen LogP contribution in [0.15, 0.2) is 23.8 Å². The number of fused-ring (bicyclic) bond motifs is 7. The minimum Gasteiger partial charge on any atom is -0.434 e. The zero-order valence-electron chi connectivity index (χ0n) is 29.2. The normalized spacial score (nSPS) is 36.3. The Morgan fingerprint density at radius 3 is 2.02 bits per heavy atom. The molecule has 4 aliphatic carbocycles. The molecule has 0 spiro atoms. The number of thioether (sulfide) groups is 1. The van der Waals surface area contributed by atoms with Crippen molar-refractivity contribution in [3.63, 3.8) is 0 Å². The van der Waals surface area contributed by atoms with Gasteiger partial charge in [0.05, 0.1) is 13.2 Å². The number of rotatable bonds is 7. The number of carbonyl (C=O) groups excluding carboxylic acids is 3. The maximum atomic E-state index is 12.8. The van der Waals surface area contributed by atoms with Crippen molar-refractivity contribution in [1.29, 1.82) is 0 Å². The summed E-state index contributed by atoms with van der Waals surface area (Å²) in [7, 11) is 0. The first-order valence-corrected chi connectivity index (χ1v) is 18.0. The summed E-state index contributed by atoms with van der Waals surface area (Å²) >= 11 is 1.86. The standard InChI is InChI=1S/C37H53NO7S/c1-10-42-31(40)44-25-18-23-24(19-26(25)45-32(41)43-11-2)35(7)15-17-37(9)29-21-34(6,30(38)39)13-12-33(29,5)14-16-36(37,8)28(35)20-27(23)46-22(3)4/h18-20,22,27,29H,10-17,21H2,1-9H3,(H2,38,39)/t27?,29-,33-,34-,35+,36-,37+/m1/s1. The summed E-state index contributed by atoms with van der Waals surface area (Å²) in [6.45, 7) is 19.9. The summed E-state index contributed by atoms with van der Waals surface area (Å²) in [4.78, 5) is 37.9. The average molecular weight is 656 g/mol. The molecular weight excluding hydrogens is 602 g/mol. The maximum Gasteiger partial charge on any atom is 0.513 e. The number of carbonyl (C=O) groups is 3. The van der Waals surface area contributed by atoms with Gasteiger partial charge in [0.15, 0.2) is 11.5 Å². The maximum absolute atomic E-state index is 12.8. The second-order valence-corrected chi connectivity index (χ2v) is 17.3. The first-order chi connectivity index (χ1) is 21.5. The topological polar surface area (TPSA) is 114 Å². The highest BCUT2D eigenvalue weighted by Gasteiger charge is 2.67. The van der Waals surface area contributed by atoms with Crippen LogP contribution < -0.4 is 15.2 Å². The lowest BCUT2D eigenvalue weighted by atomic mass is 9.34. The molecule has 4 aliphatic rings. The zero-order valence-corrected chi connectivity index (χ0v) is 30.0. The van der Waals surface area contributed by atoms with Gasteiger partial charge in [-0.15, -0.1) is 11.8 Å². The summed E-state index contributed by atoms with van der Waals surface area (Å²) < 4.78 is 21.5. The fraction of sp³-hybridized carbons (Fsp3) is 0.703. The molecule has 7 atom stereocenters. The van der Waals surface area contributed by atoms with Crippen molar-refractivity contribution in [2.45, 2.75) is 123 Å². The molecule has 1 unspecified atom stereocenters. The van der Waals surface area contributed by atoms with E-state index in [9.17, 15) is 14.4 Å². The summed E-state index contributed by atoms with van der Waals surface area (Å²) in [6.07, 6.45) is 7.52. The Morgan fingerprint density at radius 1 is 0.870 bits per heavy atom. The molecule has 9 heteroatoms. The molecule has 0 aromatic heterocycles. The lowest BCUT2D eigenvalue weighted by Crippen LogP contribution is -2.63. The smallest absolute Gasteiger partial charge is 0.434 e. The molecule has 1 aromatic rings. The number of amides is 1. The van der Waals surface area contributed by atoms with Crippen molar-refractivity contribution in [3.05, 3.63) is 34.9 Å². The predicted molar refractivity (Wildman–Crippen MR) is 180 cm³/mol. The quantitative estimate of drug-likeness (QED) is 0.176. The summed E-state index contributed by atoms with van der Waals surface area (Å²) in [6, 6.07) is 3.75. The van der Waals surface area contributed by atoms with E-state index in [1.54, 1.807) is 13.8 Å². The molecule has 0 bridgehead atoms. The van der Waals surface area contributed by atoms with Crippen LogP contribution in [0.3, 0.4) is 0 Å². The number of ether oxygens (including phenoxy) is 4. The fourth-order valence-electron chi connectivity index (χ4n) is 9.62. The highest BCUT2D eigenvalue weighted by Crippen LogP contribution is 2.75. The first kappa shape index (κ1) is 34.6. The molecule has 5 rings (SSSR count). The van der Waals surface area contributed by atoms with Crippen LogP contribution in [0, 0.1) is 27.6 Å². The molecule has 0 aliphatic heterocycles. The highest BCUT2D eigenvalue weighted by molar-refractivity contribution is 8.00. The van der Waals surface area contributed by atoms with E-state index in [0.717, 1.165) is 56.1 Å². The third kappa shape index (κ3) is 5.52. The van der Waals surface area contributed by atoms with E-state index in [1.165, 1.54) is 5.57 Å². The van der Waals surface area contributed by atoms with E-state index in [4.69, 9.17) is 24.7 Å². The molecule has 1 aromatic carbocycles. The van der Waals surface area contributed by atoms with Gasteiger partial charge < -0.3 is 24.7 Å². The Morgan fingerprint density at radius 2 is 1.46 bits per heavy atom. The SMILES string of the molecule is CCOC(=O)Oc1cc2c(cc1OC(=O)OCC)[C@]1(C)CC[C@@]3(C)[C@@H]4C[C@](C)(C(N)=O)CC[C@]4(C)CC[C@]3(C)C1=CC2SC(C)C. The summed E-state index contributed by atoms with van der Waals surface area (Å²) in [5.74, 6) is 0.449. The largest absolute Gasteiger partial charge is 0.513 e. The second-order valence-electron chi connectivity index (χ2n) is 15.6. The van der Waals surface area contributed by atoms with Crippen molar-refractivity contribution in [1.82, 2.24) is 0 Å². The van der Waals surface area contributed by atoms with E-state index >= 15 is 0 Å². The first-order valence-electron chi connectivity index (χ1n) is 17.0. The monoisotopic (exact) mass is 655 g/mol. The minimum atomic E-state index is -0.857. The lowest BCUT2D eigenvalue weighted by Gasteiger charge is -2.70. The van der Waals surface area contributed by atoms with Gasteiger partial charge >= 0.3 is 12.3 Å². The van der Waals surface area contributed by atoms with Crippen LogP contribution in [0.5, 0.6) is 11.5 Å². The van der Waals surface area contributed by atoms with Crippen LogP contribution in [0.4, 0.5) is 9.59 Å². The number of primary amides is 1. The summed E-state index contributed by atoms with van der Waals surface area (Å²) in [5.41, 5.74) is 8.76. The Kier molecular flexibility index (Phi) is 9.10. The number of nitrogens with two attached hydrogens (primary N) is 1. The van der Waals surface area contributed by atoms with Gasteiger partial charge in [0.1, 0.15) is 0 Å². The van der Waals surface area contributed by atoms with Gasteiger partial charge in [0.2, 0.25) is 5.91 Å². The van der Waals surface area contributed by atoms with Crippen molar-refractivity contribution >= 4 is 30.0 Å². The minimum absolute atomic E-state index is 0.00556. The summed E-state index contributed by atoms with van der Waals surface area (Å²) in [5, 5.41) is 0.324. The van der Waals surface area contributed by atoms with Crippen LogP contribution in [0.25, 0.3) is 0 Å². The molecule has 1 amide bonds. The van der Waals surface area contributed by atoms with Gasteiger partial charge in [-0.3, -0.25) is 4.79 Å². The second kappa shape index (κ2) is 12.1. The Balaban J connectivity index is 1.66. The third-order valence-corrected chi connectivity index (χ3v) is 13.8. The predicted octanol–water partition coefficient (Wildman–Crippen LogP) is 9.04. The van der Waals surface area contributed by atoms with Crippen molar-refractivity contribution < 1.29 is 33.3 Å². The third-order valence-electron chi connectivity index (χ3n) is 12.6. The molecule has 3 saturated carbocycles. The van der Waals surface area contributed by atoms with Crippen LogP contribution in [0.2, 0.25) is 0 Å². The molecule has 46 heavy (non-hydrogen) atoms. The van der Waals surface area contributed by atoms with Crippen molar-refractivity contribution in [3.8, 4) is 11.5 Å². The van der Waals surface area contributed by atoms with Crippen molar-refractivity contribution in [2.75, 3.05) is 13.2 Å². The van der Waals surface area contributed by atoms with Gasteiger partial charge in [-0.05, 0) is 109 Å². The number of hydrogen-bond donors (Lipinski definition) is 1. The average Bonchev–Trinajstić information content (AvgIpc) is 2.97. The Labute approximate surface area is 278 Å². The van der Waals surface area contributed by atoms with Crippen LogP contribution in [0.1, 0.15) is 124 Å². The van der Waals surface area contributed by atoms with E-state index in [0.29, 0.717) is 11.2 Å². The molecule has 254 valence electrons. The molecule has 0 radical (unpaired) electrons. The van der Waals surface area contributed by atoms with E-state index < -0.39 is 17.7 Å². The molecule has 8 nitrogen and oxygen atoms in total. The van der Waals surface area contributed by atoms with Gasteiger partial charge in [0.25, 0.3) is 0 Å². The van der Waals surface area contributed by atoms with Crippen LogP contribution >= 0.6 is 11.8 Å². The molecule has 3 fully saturated rings. The Hall–Kier alpha value is -2.68. The Bertz CT molecular complexity index is 1440. The fourth-order valence-corrected chi connectivity index (χ4v) is 10.8. The van der Waals surface area contributed by atoms with Crippen LogP contribution in [-0.4, -0.2) is 36.7 Å². The van der Waals surface area contributed by atoms with Gasteiger partial charge in [-0.25, -0.2) is 9.59 Å². The molecule has 2 N–H and O–H groups in total. The van der Waals surface area contributed by atoms with Crippen LogP contribution in [-0.2, 0) is 19.7 Å². The molecule has 0 saturated heterocycles. The highest BCUT2D eigenvalue weighted by atomic mass is 32.2. The van der Waals surface area contributed by atoms with E-state index in [1.807, 2.05) is 23.9 Å².